The number of carbonyl (C=O) groups excluding carboxylic acids is 1. The maximum atomic E-state index is 14.0. The van der Waals surface area contributed by atoms with Crippen molar-refractivity contribution in [3.8, 4) is 11.5 Å². The summed E-state index contributed by atoms with van der Waals surface area (Å²) in [6.45, 7) is 0.0936. The first-order valence-electron chi connectivity index (χ1n) is 8.80. The number of aldehydes is 1. The number of benzene rings is 2. The largest absolute Gasteiger partial charge is 0.497 e. The molecule has 0 aliphatic heterocycles. The maximum absolute atomic E-state index is 14.0. The molecule has 2 aromatic rings. The maximum Gasteiger partial charge on any atom is 0.184 e. The molecule has 7 heteroatoms. The fourth-order valence-electron chi connectivity index (χ4n) is 2.52. The second kappa shape index (κ2) is 11.4. The number of carbonyl (C=O) groups is 1. The summed E-state index contributed by atoms with van der Waals surface area (Å²) in [5, 5.41) is 10.2. The van der Waals surface area contributed by atoms with Gasteiger partial charge in [-0.3, -0.25) is 0 Å². The number of aliphatic hydroxyl groups excluding tert-OH is 1. The average Bonchev–Trinajstić information content (AvgIpc) is 2.74. The minimum absolute atomic E-state index is 0.0401. The standard InChI is InChI=1S/C21H25FO6/c1-25-17-7-3-15(4-8-17)12-27-14-20(24)21(19(22)11-23)28-13-16-5-9-18(26-2)10-6-16/h3-11,19-21,24H,12-14H2,1-2H3/t19-,20+,21-/m0/s1. The molecule has 0 spiro atoms. The van der Waals surface area contributed by atoms with Crippen molar-refractivity contribution in [2.24, 2.45) is 0 Å². The van der Waals surface area contributed by atoms with Gasteiger partial charge < -0.3 is 28.8 Å². The normalized spacial score (nSPS) is 14.1. The highest BCUT2D eigenvalue weighted by atomic mass is 19.1. The van der Waals surface area contributed by atoms with Gasteiger partial charge in [-0.2, -0.15) is 0 Å². The van der Waals surface area contributed by atoms with Gasteiger partial charge in [0, 0.05) is 0 Å². The van der Waals surface area contributed by atoms with Crippen LogP contribution in [0.4, 0.5) is 4.39 Å². The molecule has 0 radical (unpaired) electrons. The van der Waals surface area contributed by atoms with E-state index < -0.39 is 18.4 Å². The van der Waals surface area contributed by atoms with Gasteiger partial charge in [0.15, 0.2) is 12.5 Å². The predicted octanol–water partition coefficient (Wildman–Crippen LogP) is 2.70. The van der Waals surface area contributed by atoms with Crippen molar-refractivity contribution in [2.75, 3.05) is 20.8 Å². The van der Waals surface area contributed by atoms with Gasteiger partial charge in [-0.15, -0.1) is 0 Å². The van der Waals surface area contributed by atoms with Crippen molar-refractivity contribution < 1.29 is 33.2 Å². The van der Waals surface area contributed by atoms with Crippen LogP contribution in [0, 0.1) is 0 Å². The summed E-state index contributed by atoms with van der Waals surface area (Å²) < 4.78 is 35.0. The molecule has 3 atom stereocenters. The monoisotopic (exact) mass is 392 g/mol. The van der Waals surface area contributed by atoms with Crippen molar-refractivity contribution in [3.05, 3.63) is 59.7 Å². The van der Waals surface area contributed by atoms with Crippen molar-refractivity contribution in [1.82, 2.24) is 0 Å². The second-order valence-corrected chi connectivity index (χ2v) is 6.13. The lowest BCUT2D eigenvalue weighted by molar-refractivity contribution is -0.132. The van der Waals surface area contributed by atoms with Crippen LogP contribution in [0.25, 0.3) is 0 Å². The van der Waals surface area contributed by atoms with E-state index in [-0.39, 0.29) is 26.1 Å². The van der Waals surface area contributed by atoms with Crippen LogP contribution in [0.2, 0.25) is 0 Å². The third-order valence-corrected chi connectivity index (χ3v) is 4.14. The summed E-state index contributed by atoms with van der Waals surface area (Å²) in [5.41, 5.74) is 1.63. The fourth-order valence-corrected chi connectivity index (χ4v) is 2.52. The molecule has 0 unspecified atom stereocenters. The summed E-state index contributed by atoms with van der Waals surface area (Å²) in [4.78, 5) is 10.9. The summed E-state index contributed by atoms with van der Waals surface area (Å²) in [5.74, 6) is 1.41. The SMILES string of the molecule is COc1ccc(COC[C@@H](O)[C@@H](OCc2ccc(OC)cc2)[C@@H](F)C=O)cc1. The molecule has 2 rings (SSSR count). The van der Waals surface area contributed by atoms with E-state index in [0.717, 1.165) is 16.9 Å². The molecular formula is C21H25FO6. The van der Waals surface area contributed by atoms with Gasteiger partial charge in [-0.1, -0.05) is 24.3 Å². The number of methoxy groups -OCH3 is 2. The van der Waals surface area contributed by atoms with Gasteiger partial charge >= 0.3 is 0 Å². The zero-order valence-electron chi connectivity index (χ0n) is 15.9. The lowest BCUT2D eigenvalue weighted by atomic mass is 10.1. The fraction of sp³-hybridized carbons (Fsp3) is 0.381. The minimum atomic E-state index is -1.96. The number of ether oxygens (including phenoxy) is 4. The van der Waals surface area contributed by atoms with Gasteiger partial charge in [-0.05, 0) is 35.4 Å². The van der Waals surface area contributed by atoms with Crippen LogP contribution in [0.3, 0.4) is 0 Å². The van der Waals surface area contributed by atoms with Crippen LogP contribution in [0.15, 0.2) is 48.5 Å². The molecule has 0 aromatic heterocycles. The molecule has 0 saturated heterocycles. The van der Waals surface area contributed by atoms with Gasteiger partial charge in [0.2, 0.25) is 0 Å². The number of hydrogen-bond donors (Lipinski definition) is 1. The number of rotatable bonds is 12. The van der Waals surface area contributed by atoms with Gasteiger partial charge in [-0.25, -0.2) is 4.39 Å². The molecule has 0 bridgehead atoms. The zero-order chi connectivity index (χ0) is 20.4. The minimum Gasteiger partial charge on any atom is -0.497 e. The van der Waals surface area contributed by atoms with Crippen LogP contribution < -0.4 is 9.47 Å². The smallest absolute Gasteiger partial charge is 0.184 e. The van der Waals surface area contributed by atoms with E-state index in [9.17, 15) is 14.3 Å². The average molecular weight is 392 g/mol. The quantitative estimate of drug-likeness (QED) is 0.560. The van der Waals surface area contributed by atoms with E-state index in [1.807, 2.05) is 12.1 Å². The van der Waals surface area contributed by atoms with Crippen LogP contribution >= 0.6 is 0 Å². The van der Waals surface area contributed by atoms with Crippen molar-refractivity contribution in [3.63, 3.8) is 0 Å². The summed E-state index contributed by atoms with van der Waals surface area (Å²) >= 11 is 0. The Bertz CT molecular complexity index is 704. The first kappa shape index (κ1) is 21.8. The highest BCUT2D eigenvalue weighted by Crippen LogP contribution is 2.16. The Hall–Kier alpha value is -2.48. The summed E-state index contributed by atoms with van der Waals surface area (Å²) in [6, 6.07) is 14.2. The third kappa shape index (κ3) is 6.60. The molecule has 28 heavy (non-hydrogen) atoms. The van der Waals surface area contributed by atoms with E-state index in [4.69, 9.17) is 18.9 Å². The highest BCUT2D eigenvalue weighted by Gasteiger charge is 2.29. The summed E-state index contributed by atoms with van der Waals surface area (Å²) in [7, 11) is 3.13. The van der Waals surface area contributed by atoms with Crippen molar-refractivity contribution in [1.29, 1.82) is 0 Å². The topological polar surface area (TPSA) is 74.2 Å². The lowest BCUT2D eigenvalue weighted by Crippen LogP contribution is -2.41. The molecule has 2 aromatic carbocycles. The molecule has 0 heterocycles. The predicted molar refractivity (Wildman–Crippen MR) is 101 cm³/mol. The Kier molecular flexibility index (Phi) is 8.87. The molecule has 6 nitrogen and oxygen atoms in total. The van der Waals surface area contributed by atoms with Gasteiger partial charge in [0.25, 0.3) is 0 Å². The molecule has 1 N–H and O–H groups in total. The van der Waals surface area contributed by atoms with Crippen molar-refractivity contribution in [2.45, 2.75) is 31.6 Å². The summed E-state index contributed by atoms with van der Waals surface area (Å²) in [6.07, 6.45) is -4.46. The van der Waals surface area contributed by atoms with Crippen molar-refractivity contribution >= 4 is 6.29 Å². The van der Waals surface area contributed by atoms with E-state index in [1.54, 1.807) is 50.6 Å². The molecule has 0 aliphatic carbocycles. The lowest BCUT2D eigenvalue weighted by Gasteiger charge is -2.24. The highest BCUT2D eigenvalue weighted by molar-refractivity contribution is 5.57. The Morgan fingerprint density at radius 1 is 0.929 bits per heavy atom. The molecule has 0 amide bonds. The van der Waals surface area contributed by atoms with E-state index in [1.165, 1.54) is 0 Å². The van der Waals surface area contributed by atoms with E-state index in [0.29, 0.717) is 5.75 Å². The van der Waals surface area contributed by atoms with Crippen LogP contribution in [-0.4, -0.2) is 50.6 Å². The number of aliphatic hydroxyl groups is 1. The zero-order valence-corrected chi connectivity index (χ0v) is 15.9. The first-order valence-corrected chi connectivity index (χ1v) is 8.80. The van der Waals surface area contributed by atoms with E-state index in [2.05, 4.69) is 0 Å². The Morgan fingerprint density at radius 2 is 1.43 bits per heavy atom. The second-order valence-electron chi connectivity index (χ2n) is 6.13. The Labute approximate surface area is 163 Å². The molecule has 0 fully saturated rings. The first-order chi connectivity index (χ1) is 13.6. The number of halogens is 1. The van der Waals surface area contributed by atoms with Gasteiger partial charge in [0.05, 0.1) is 34.0 Å². The van der Waals surface area contributed by atoms with Gasteiger partial charge in [0.1, 0.15) is 23.7 Å². The Morgan fingerprint density at radius 3 is 1.89 bits per heavy atom. The Balaban J connectivity index is 1.86. The molecule has 0 aliphatic rings. The third-order valence-electron chi connectivity index (χ3n) is 4.14. The van der Waals surface area contributed by atoms with Crippen LogP contribution in [0.5, 0.6) is 11.5 Å². The number of alkyl halides is 1. The van der Waals surface area contributed by atoms with Crippen LogP contribution in [0.1, 0.15) is 11.1 Å². The molecule has 152 valence electrons. The molecule has 0 saturated carbocycles. The van der Waals surface area contributed by atoms with E-state index >= 15 is 0 Å². The van der Waals surface area contributed by atoms with Crippen LogP contribution in [-0.2, 0) is 27.5 Å². The molecular weight excluding hydrogens is 367 g/mol. The number of hydrogen-bond acceptors (Lipinski definition) is 6.